The van der Waals surface area contributed by atoms with Gasteiger partial charge in [-0.3, -0.25) is 9.78 Å². The van der Waals surface area contributed by atoms with Crippen molar-refractivity contribution in [3.63, 3.8) is 0 Å². The lowest BCUT2D eigenvalue weighted by Gasteiger charge is -2.23. The first-order valence-corrected chi connectivity index (χ1v) is 9.09. The number of nitrogens with zero attached hydrogens (tertiary/aromatic N) is 2. The number of ether oxygens (including phenoxy) is 2. The Morgan fingerprint density at radius 2 is 1.88 bits per heavy atom. The Morgan fingerprint density at radius 1 is 1.12 bits per heavy atom. The third-order valence-corrected chi connectivity index (χ3v) is 4.22. The fraction of sp³-hybridized carbons (Fsp3) is 0.400. The molecule has 1 aromatic carbocycles. The van der Waals surface area contributed by atoms with Gasteiger partial charge in [-0.1, -0.05) is 19.9 Å². The van der Waals surface area contributed by atoms with E-state index in [2.05, 4.69) is 29.0 Å². The molecule has 6 nitrogen and oxygen atoms in total. The normalized spacial score (nSPS) is 12.1. The number of fused-ring (bicyclic) bond motifs is 1. The van der Waals surface area contributed by atoms with Gasteiger partial charge in [0, 0.05) is 31.5 Å². The Morgan fingerprint density at radius 3 is 2.65 bits per heavy atom. The van der Waals surface area contributed by atoms with Gasteiger partial charge >= 0.3 is 0 Å². The van der Waals surface area contributed by atoms with E-state index in [9.17, 15) is 4.79 Å². The number of rotatable bonds is 8. The number of aromatic nitrogens is 1. The number of amides is 1. The molecule has 0 saturated heterocycles. The third kappa shape index (κ3) is 4.25. The summed E-state index contributed by atoms with van der Waals surface area (Å²) in [5, 5.41) is 2.92. The van der Waals surface area contributed by atoms with E-state index in [1.165, 1.54) is 0 Å². The molecule has 0 fully saturated rings. The maximum atomic E-state index is 12.5. The van der Waals surface area contributed by atoms with Gasteiger partial charge in [-0.05, 0) is 42.7 Å². The molecule has 1 aromatic heterocycles. The topological polar surface area (TPSA) is 63.7 Å². The highest BCUT2D eigenvalue weighted by molar-refractivity contribution is 5.93. The highest BCUT2D eigenvalue weighted by Gasteiger charge is 2.14. The molecule has 0 unspecified atom stereocenters. The van der Waals surface area contributed by atoms with E-state index >= 15 is 0 Å². The number of nitrogens with one attached hydrogen (secondary N) is 1. The summed E-state index contributed by atoms with van der Waals surface area (Å²) in [5.74, 6) is 1.27. The first-order chi connectivity index (χ1) is 12.7. The summed E-state index contributed by atoms with van der Waals surface area (Å²) < 4.78 is 10.7. The first kappa shape index (κ1) is 18.0. The van der Waals surface area contributed by atoms with Crippen molar-refractivity contribution in [2.75, 3.05) is 24.8 Å². The molecule has 26 heavy (non-hydrogen) atoms. The molecule has 6 heteroatoms. The van der Waals surface area contributed by atoms with Crippen molar-refractivity contribution in [2.45, 2.75) is 33.2 Å². The van der Waals surface area contributed by atoms with E-state index < -0.39 is 0 Å². The van der Waals surface area contributed by atoms with Crippen molar-refractivity contribution in [1.82, 2.24) is 10.3 Å². The second-order valence-corrected chi connectivity index (χ2v) is 6.26. The molecule has 0 aliphatic carbocycles. The molecule has 2 heterocycles. The van der Waals surface area contributed by atoms with Gasteiger partial charge in [0.2, 0.25) is 6.79 Å². The molecule has 0 spiro atoms. The number of benzene rings is 1. The Balaban J connectivity index is 1.65. The van der Waals surface area contributed by atoms with Gasteiger partial charge in [-0.15, -0.1) is 0 Å². The van der Waals surface area contributed by atoms with Crippen molar-refractivity contribution in [2.24, 2.45) is 0 Å². The number of anilines is 1. The Bertz CT molecular complexity index is 758. The maximum absolute atomic E-state index is 12.5. The zero-order valence-corrected chi connectivity index (χ0v) is 15.3. The molecular formula is C20H25N3O3. The van der Waals surface area contributed by atoms with Crippen LogP contribution in [0.1, 0.15) is 42.7 Å². The van der Waals surface area contributed by atoms with Gasteiger partial charge in [-0.25, -0.2) is 0 Å². The van der Waals surface area contributed by atoms with E-state index in [-0.39, 0.29) is 12.7 Å². The average molecular weight is 355 g/mol. The highest BCUT2D eigenvalue weighted by Crippen LogP contribution is 2.32. The summed E-state index contributed by atoms with van der Waals surface area (Å²) >= 11 is 0. The molecule has 1 N–H and O–H groups in total. The van der Waals surface area contributed by atoms with Crippen molar-refractivity contribution < 1.29 is 14.3 Å². The van der Waals surface area contributed by atoms with Crippen LogP contribution in [0.4, 0.5) is 5.69 Å². The molecule has 0 saturated carbocycles. The van der Waals surface area contributed by atoms with E-state index in [0.29, 0.717) is 18.0 Å². The standard InChI is InChI=1S/C20H25N3O3/c1-3-9-23(10-4-2)16-7-8-21-17(12-16)20(24)22-13-15-5-6-18-19(11-15)26-14-25-18/h5-8,11-12H,3-4,9-10,13-14H2,1-2H3,(H,22,24). The summed E-state index contributed by atoms with van der Waals surface area (Å²) in [5.41, 5.74) is 2.43. The molecule has 1 amide bonds. The number of carbonyl (C=O) groups is 1. The minimum atomic E-state index is -0.183. The molecule has 0 radical (unpaired) electrons. The minimum absolute atomic E-state index is 0.183. The number of pyridine rings is 1. The predicted molar refractivity (Wildman–Crippen MR) is 101 cm³/mol. The van der Waals surface area contributed by atoms with Crippen LogP contribution in [0.5, 0.6) is 11.5 Å². The minimum Gasteiger partial charge on any atom is -0.454 e. The lowest BCUT2D eigenvalue weighted by Crippen LogP contribution is -2.27. The summed E-state index contributed by atoms with van der Waals surface area (Å²) in [4.78, 5) is 19.0. The zero-order chi connectivity index (χ0) is 18.4. The lowest BCUT2D eigenvalue weighted by atomic mass is 10.2. The SMILES string of the molecule is CCCN(CCC)c1ccnc(C(=O)NCc2ccc3c(c2)OCO3)c1. The fourth-order valence-corrected chi connectivity index (χ4v) is 2.97. The second kappa shape index (κ2) is 8.56. The summed E-state index contributed by atoms with van der Waals surface area (Å²) in [6, 6.07) is 9.48. The van der Waals surface area contributed by atoms with Crippen LogP contribution < -0.4 is 19.7 Å². The molecule has 0 atom stereocenters. The molecule has 138 valence electrons. The van der Waals surface area contributed by atoms with Crippen LogP contribution >= 0.6 is 0 Å². The Labute approximate surface area is 154 Å². The van der Waals surface area contributed by atoms with E-state index in [1.54, 1.807) is 6.20 Å². The average Bonchev–Trinajstić information content (AvgIpc) is 3.14. The molecule has 2 aromatic rings. The van der Waals surface area contributed by atoms with Crippen LogP contribution in [0.25, 0.3) is 0 Å². The molecular weight excluding hydrogens is 330 g/mol. The smallest absolute Gasteiger partial charge is 0.270 e. The van der Waals surface area contributed by atoms with Crippen molar-refractivity contribution >= 4 is 11.6 Å². The van der Waals surface area contributed by atoms with Crippen LogP contribution in [0.15, 0.2) is 36.5 Å². The predicted octanol–water partition coefficient (Wildman–Crippen LogP) is 3.37. The van der Waals surface area contributed by atoms with Crippen LogP contribution in [0.3, 0.4) is 0 Å². The Kier molecular flexibility index (Phi) is 5.94. The van der Waals surface area contributed by atoms with Crippen molar-refractivity contribution in [3.8, 4) is 11.5 Å². The van der Waals surface area contributed by atoms with Crippen molar-refractivity contribution in [3.05, 3.63) is 47.8 Å². The number of carbonyl (C=O) groups excluding carboxylic acids is 1. The molecule has 1 aliphatic rings. The molecule has 0 bridgehead atoms. The van der Waals surface area contributed by atoms with E-state index in [0.717, 1.165) is 42.9 Å². The monoisotopic (exact) mass is 355 g/mol. The van der Waals surface area contributed by atoms with E-state index in [1.807, 2.05) is 30.3 Å². The second-order valence-electron chi connectivity index (χ2n) is 6.26. The van der Waals surface area contributed by atoms with Gasteiger partial charge in [0.05, 0.1) is 0 Å². The summed E-state index contributed by atoms with van der Waals surface area (Å²) in [6.07, 6.45) is 3.82. The van der Waals surface area contributed by atoms with Crippen LogP contribution in [-0.2, 0) is 6.54 Å². The van der Waals surface area contributed by atoms with Gasteiger partial charge < -0.3 is 19.7 Å². The molecule has 3 rings (SSSR count). The largest absolute Gasteiger partial charge is 0.454 e. The number of hydrogen-bond acceptors (Lipinski definition) is 5. The lowest BCUT2D eigenvalue weighted by molar-refractivity contribution is 0.0946. The maximum Gasteiger partial charge on any atom is 0.270 e. The molecule has 1 aliphatic heterocycles. The quantitative estimate of drug-likeness (QED) is 0.787. The zero-order valence-electron chi connectivity index (χ0n) is 15.3. The van der Waals surface area contributed by atoms with E-state index in [4.69, 9.17) is 9.47 Å². The van der Waals surface area contributed by atoms with Gasteiger partial charge in [0.25, 0.3) is 5.91 Å². The Hall–Kier alpha value is -2.76. The van der Waals surface area contributed by atoms with Crippen LogP contribution in [0.2, 0.25) is 0 Å². The fourth-order valence-electron chi connectivity index (χ4n) is 2.97. The summed E-state index contributed by atoms with van der Waals surface area (Å²) in [6.45, 7) is 6.90. The van der Waals surface area contributed by atoms with Gasteiger partial charge in [0.1, 0.15) is 5.69 Å². The number of hydrogen-bond donors (Lipinski definition) is 1. The first-order valence-electron chi connectivity index (χ1n) is 9.09. The van der Waals surface area contributed by atoms with Crippen molar-refractivity contribution in [1.29, 1.82) is 0 Å². The van der Waals surface area contributed by atoms with Gasteiger partial charge in [0.15, 0.2) is 11.5 Å². The van der Waals surface area contributed by atoms with Crippen LogP contribution in [0, 0.1) is 0 Å². The summed E-state index contributed by atoms with van der Waals surface area (Å²) in [7, 11) is 0. The van der Waals surface area contributed by atoms with Crippen LogP contribution in [-0.4, -0.2) is 30.8 Å². The third-order valence-electron chi connectivity index (χ3n) is 4.22. The highest BCUT2D eigenvalue weighted by atomic mass is 16.7. The van der Waals surface area contributed by atoms with Gasteiger partial charge in [-0.2, -0.15) is 0 Å².